The van der Waals surface area contributed by atoms with Gasteiger partial charge in [0, 0.05) is 12.5 Å². The Balaban J connectivity index is 2.08. The standard InChI is InChI=1S/C16H18O3/c1-10-3-4-12(8-15(10)18)11(2)7-13-5-6-14(17)9-16(13)19/h3,5-6,9,12,17,19H,2,4,7-8H2,1H3/t12-/m1/s1. The van der Waals surface area contributed by atoms with Crippen LogP contribution in [0, 0.1) is 5.92 Å². The van der Waals surface area contributed by atoms with Gasteiger partial charge in [0.1, 0.15) is 11.5 Å². The van der Waals surface area contributed by atoms with Gasteiger partial charge in [-0.15, -0.1) is 0 Å². The molecule has 100 valence electrons. The van der Waals surface area contributed by atoms with Crippen molar-refractivity contribution >= 4 is 5.78 Å². The Bertz CT molecular complexity index is 555. The van der Waals surface area contributed by atoms with Crippen LogP contribution in [0.3, 0.4) is 0 Å². The first-order chi connectivity index (χ1) is 8.97. The fourth-order valence-electron chi connectivity index (χ4n) is 2.30. The van der Waals surface area contributed by atoms with Crippen molar-refractivity contribution in [2.24, 2.45) is 5.92 Å². The summed E-state index contributed by atoms with van der Waals surface area (Å²) >= 11 is 0. The van der Waals surface area contributed by atoms with E-state index in [4.69, 9.17) is 0 Å². The Kier molecular flexibility index (Phi) is 3.74. The van der Waals surface area contributed by atoms with Gasteiger partial charge in [0.05, 0.1) is 0 Å². The SMILES string of the molecule is C=C(Cc1ccc(O)cc1O)[C@@H]1CC=C(C)C(=O)C1. The van der Waals surface area contributed by atoms with E-state index in [2.05, 4.69) is 6.58 Å². The van der Waals surface area contributed by atoms with E-state index >= 15 is 0 Å². The molecule has 0 unspecified atom stereocenters. The minimum Gasteiger partial charge on any atom is -0.508 e. The van der Waals surface area contributed by atoms with Crippen molar-refractivity contribution in [2.75, 3.05) is 0 Å². The molecule has 0 aliphatic heterocycles. The van der Waals surface area contributed by atoms with Crippen LogP contribution in [-0.4, -0.2) is 16.0 Å². The van der Waals surface area contributed by atoms with Gasteiger partial charge in [0.2, 0.25) is 0 Å². The van der Waals surface area contributed by atoms with Crippen molar-refractivity contribution in [3.05, 3.63) is 47.6 Å². The topological polar surface area (TPSA) is 57.5 Å². The summed E-state index contributed by atoms with van der Waals surface area (Å²) in [5.74, 6) is 0.421. The van der Waals surface area contributed by atoms with E-state index in [0.717, 1.165) is 23.1 Å². The fourth-order valence-corrected chi connectivity index (χ4v) is 2.30. The number of phenolic OH excluding ortho intramolecular Hbond substituents is 2. The number of phenols is 2. The number of benzene rings is 1. The molecule has 0 heterocycles. The number of carbonyl (C=O) groups is 1. The number of ketones is 1. The first-order valence-electron chi connectivity index (χ1n) is 6.36. The lowest BCUT2D eigenvalue weighted by Crippen LogP contribution is -2.16. The van der Waals surface area contributed by atoms with Gasteiger partial charge in [-0.1, -0.05) is 24.3 Å². The Hall–Kier alpha value is -2.03. The van der Waals surface area contributed by atoms with E-state index in [1.165, 1.54) is 6.07 Å². The van der Waals surface area contributed by atoms with Gasteiger partial charge in [-0.3, -0.25) is 4.79 Å². The lowest BCUT2D eigenvalue weighted by atomic mass is 9.82. The summed E-state index contributed by atoms with van der Waals surface area (Å²) in [6.07, 6.45) is 3.81. The summed E-state index contributed by atoms with van der Waals surface area (Å²) in [6.45, 7) is 5.88. The number of carbonyl (C=O) groups excluding carboxylic acids is 1. The van der Waals surface area contributed by atoms with Crippen LogP contribution in [0.5, 0.6) is 11.5 Å². The van der Waals surface area contributed by atoms with Crippen LogP contribution in [0.15, 0.2) is 42.0 Å². The number of allylic oxidation sites excluding steroid dienone is 3. The molecule has 1 aromatic carbocycles. The number of aromatic hydroxyl groups is 2. The maximum Gasteiger partial charge on any atom is 0.158 e. The predicted octanol–water partition coefficient (Wildman–Crippen LogP) is 3.12. The molecule has 0 spiro atoms. The second kappa shape index (κ2) is 5.31. The number of Topliss-reactive ketones (excluding diaryl/α,β-unsaturated/α-hetero) is 1. The smallest absolute Gasteiger partial charge is 0.158 e. The van der Waals surface area contributed by atoms with Crippen molar-refractivity contribution in [3.63, 3.8) is 0 Å². The molecule has 0 saturated heterocycles. The van der Waals surface area contributed by atoms with Crippen molar-refractivity contribution in [1.82, 2.24) is 0 Å². The van der Waals surface area contributed by atoms with Crippen LogP contribution in [0.4, 0.5) is 0 Å². The largest absolute Gasteiger partial charge is 0.508 e. The molecule has 3 nitrogen and oxygen atoms in total. The minimum absolute atomic E-state index is 0.0401. The molecule has 0 fully saturated rings. The molecule has 0 radical (unpaired) electrons. The number of hydrogen-bond donors (Lipinski definition) is 2. The molecule has 1 aliphatic rings. The highest BCUT2D eigenvalue weighted by Gasteiger charge is 2.22. The summed E-state index contributed by atoms with van der Waals surface area (Å²) in [5.41, 5.74) is 2.50. The fraction of sp³-hybridized carbons (Fsp3) is 0.312. The molecule has 1 aromatic rings. The molecular formula is C16H18O3. The zero-order valence-electron chi connectivity index (χ0n) is 11.0. The Labute approximate surface area is 112 Å². The quantitative estimate of drug-likeness (QED) is 0.819. The molecule has 1 atom stereocenters. The Morgan fingerprint density at radius 3 is 2.79 bits per heavy atom. The monoisotopic (exact) mass is 258 g/mol. The highest BCUT2D eigenvalue weighted by Crippen LogP contribution is 2.31. The van der Waals surface area contributed by atoms with Crippen LogP contribution < -0.4 is 0 Å². The second-order valence-electron chi connectivity index (χ2n) is 5.10. The van der Waals surface area contributed by atoms with E-state index in [1.807, 2.05) is 13.0 Å². The van der Waals surface area contributed by atoms with Gasteiger partial charge in [-0.25, -0.2) is 0 Å². The normalized spacial score (nSPS) is 19.1. The summed E-state index contributed by atoms with van der Waals surface area (Å²) in [6, 6.07) is 4.54. The highest BCUT2D eigenvalue weighted by molar-refractivity contribution is 5.95. The summed E-state index contributed by atoms with van der Waals surface area (Å²) in [7, 11) is 0. The van der Waals surface area contributed by atoms with Crippen LogP contribution in [0.25, 0.3) is 0 Å². The van der Waals surface area contributed by atoms with Gasteiger partial charge < -0.3 is 10.2 Å². The van der Waals surface area contributed by atoms with Crippen LogP contribution in [0.1, 0.15) is 25.3 Å². The van der Waals surface area contributed by atoms with Gasteiger partial charge in [-0.05, 0) is 42.9 Å². The molecule has 0 saturated carbocycles. The zero-order valence-corrected chi connectivity index (χ0v) is 11.0. The van der Waals surface area contributed by atoms with Crippen LogP contribution >= 0.6 is 0 Å². The average molecular weight is 258 g/mol. The third-order valence-corrected chi connectivity index (χ3v) is 3.64. The second-order valence-corrected chi connectivity index (χ2v) is 5.10. The third kappa shape index (κ3) is 3.05. The highest BCUT2D eigenvalue weighted by atomic mass is 16.3. The zero-order chi connectivity index (χ0) is 14.0. The van der Waals surface area contributed by atoms with E-state index in [0.29, 0.717) is 12.8 Å². The van der Waals surface area contributed by atoms with Crippen molar-refractivity contribution in [2.45, 2.75) is 26.2 Å². The number of hydrogen-bond acceptors (Lipinski definition) is 3. The molecule has 3 heteroatoms. The molecular weight excluding hydrogens is 240 g/mol. The molecule has 0 aromatic heterocycles. The number of rotatable bonds is 3. The first-order valence-corrected chi connectivity index (χ1v) is 6.36. The van der Waals surface area contributed by atoms with Crippen LogP contribution in [-0.2, 0) is 11.2 Å². The van der Waals surface area contributed by atoms with Gasteiger partial charge in [0.25, 0.3) is 0 Å². The Morgan fingerprint density at radius 1 is 1.42 bits per heavy atom. The maximum absolute atomic E-state index is 11.7. The van der Waals surface area contributed by atoms with Gasteiger partial charge in [0.15, 0.2) is 5.78 Å². The molecule has 0 amide bonds. The first kappa shape index (κ1) is 13.4. The van der Waals surface area contributed by atoms with E-state index < -0.39 is 0 Å². The van der Waals surface area contributed by atoms with E-state index in [1.54, 1.807) is 12.1 Å². The van der Waals surface area contributed by atoms with Gasteiger partial charge in [-0.2, -0.15) is 0 Å². The minimum atomic E-state index is 0.0401. The molecule has 2 rings (SSSR count). The predicted molar refractivity (Wildman–Crippen MR) is 74.1 cm³/mol. The molecule has 2 N–H and O–H groups in total. The van der Waals surface area contributed by atoms with Gasteiger partial charge >= 0.3 is 0 Å². The van der Waals surface area contributed by atoms with Crippen LogP contribution in [0.2, 0.25) is 0 Å². The molecule has 0 bridgehead atoms. The third-order valence-electron chi connectivity index (χ3n) is 3.64. The lowest BCUT2D eigenvalue weighted by molar-refractivity contribution is -0.116. The molecule has 1 aliphatic carbocycles. The maximum atomic E-state index is 11.7. The summed E-state index contributed by atoms with van der Waals surface area (Å²) < 4.78 is 0. The lowest BCUT2D eigenvalue weighted by Gasteiger charge is -2.22. The van der Waals surface area contributed by atoms with E-state index in [-0.39, 0.29) is 23.2 Å². The van der Waals surface area contributed by atoms with Crippen molar-refractivity contribution in [1.29, 1.82) is 0 Å². The average Bonchev–Trinajstić information content (AvgIpc) is 2.36. The summed E-state index contributed by atoms with van der Waals surface area (Å²) in [4.78, 5) is 11.7. The Morgan fingerprint density at radius 2 is 2.16 bits per heavy atom. The van der Waals surface area contributed by atoms with E-state index in [9.17, 15) is 15.0 Å². The summed E-state index contributed by atoms with van der Waals surface area (Å²) in [5, 5.41) is 19.0. The molecule has 19 heavy (non-hydrogen) atoms. The van der Waals surface area contributed by atoms with Crippen molar-refractivity contribution < 1.29 is 15.0 Å². The van der Waals surface area contributed by atoms with Crippen molar-refractivity contribution in [3.8, 4) is 11.5 Å².